The molecule has 5 N–H and O–H groups in total. The van der Waals surface area contributed by atoms with E-state index in [1.807, 2.05) is 60.7 Å². The quantitative estimate of drug-likeness (QED) is 0.237. The summed E-state index contributed by atoms with van der Waals surface area (Å²) in [6, 6.07) is 21.3. The van der Waals surface area contributed by atoms with E-state index in [1.165, 1.54) is 24.1 Å². The number of nitrogens with one attached hydrogen (secondary N) is 2. The van der Waals surface area contributed by atoms with Gasteiger partial charge in [-0.25, -0.2) is 4.79 Å². The third kappa shape index (κ3) is 8.65. The first-order valence-electron chi connectivity index (χ1n) is 14.4. The number of hydrogen-bond acceptors (Lipinski definition) is 7. The molecule has 1 saturated heterocycles. The lowest BCUT2D eigenvalue weighted by atomic mass is 10.0. The van der Waals surface area contributed by atoms with Gasteiger partial charge in [-0.3, -0.25) is 14.4 Å². The lowest BCUT2D eigenvalue weighted by molar-refractivity contribution is -0.145. The van der Waals surface area contributed by atoms with E-state index in [-0.39, 0.29) is 30.9 Å². The van der Waals surface area contributed by atoms with Crippen LogP contribution >= 0.6 is 0 Å². The monoisotopic (exact) mass is 586 g/mol. The number of phenolic OH excluding ortho intramolecular Hbond substituents is 1. The molecule has 0 bridgehead atoms. The predicted molar refractivity (Wildman–Crippen MR) is 161 cm³/mol. The fraction of sp³-hybridized carbons (Fsp3) is 0.333. The first kappa shape index (κ1) is 31.2. The van der Waals surface area contributed by atoms with E-state index >= 15 is 0 Å². The van der Waals surface area contributed by atoms with Gasteiger partial charge >= 0.3 is 5.97 Å². The number of nitrogens with two attached hydrogens (primary N) is 1. The molecule has 0 radical (unpaired) electrons. The number of esters is 1. The highest BCUT2D eigenvalue weighted by molar-refractivity contribution is 5.94. The van der Waals surface area contributed by atoms with Crippen molar-refractivity contribution >= 4 is 23.7 Å². The summed E-state index contributed by atoms with van der Waals surface area (Å²) in [7, 11) is 1.26. The van der Waals surface area contributed by atoms with E-state index in [0.717, 1.165) is 16.7 Å². The van der Waals surface area contributed by atoms with E-state index in [9.17, 15) is 24.3 Å². The summed E-state index contributed by atoms with van der Waals surface area (Å²) in [6.07, 6.45) is 1.70. The van der Waals surface area contributed by atoms with Crippen LogP contribution in [0.4, 0.5) is 0 Å². The number of ether oxygens (including phenoxy) is 1. The van der Waals surface area contributed by atoms with Gasteiger partial charge in [-0.05, 0) is 48.1 Å². The van der Waals surface area contributed by atoms with E-state index in [4.69, 9.17) is 10.5 Å². The Balaban J connectivity index is 1.48. The van der Waals surface area contributed by atoms with Crippen LogP contribution in [0.2, 0.25) is 0 Å². The van der Waals surface area contributed by atoms with Crippen molar-refractivity contribution in [2.75, 3.05) is 13.7 Å². The number of likely N-dealkylation sites (tertiary alicyclic amines) is 1. The fourth-order valence-corrected chi connectivity index (χ4v) is 5.27. The molecule has 4 unspecified atom stereocenters. The SMILES string of the molecule is COC(=O)C(Cc1ccccc1)NC(=O)C(Cc1ccccc1)NC(=O)C1CCCN1C(=O)C(N)Cc1ccc(O)cc1. The van der Waals surface area contributed by atoms with Gasteiger partial charge in [0.15, 0.2) is 0 Å². The Morgan fingerprint density at radius 1 is 0.837 bits per heavy atom. The van der Waals surface area contributed by atoms with Gasteiger partial charge in [0.25, 0.3) is 0 Å². The zero-order valence-corrected chi connectivity index (χ0v) is 24.1. The number of phenols is 1. The van der Waals surface area contributed by atoms with Crippen LogP contribution in [0.15, 0.2) is 84.9 Å². The molecule has 0 aromatic heterocycles. The van der Waals surface area contributed by atoms with Crippen molar-refractivity contribution in [2.45, 2.75) is 56.3 Å². The Bertz CT molecular complexity index is 1380. The standard InChI is InChI=1S/C33H38N4O6/c1-43-33(42)28(21-23-11-6-3-7-12-23)36-30(39)27(20-22-9-4-2-5-10-22)35-31(40)29-13-8-18-37(29)32(41)26(34)19-24-14-16-25(38)17-15-24/h2-7,9-12,14-17,26-29,38H,8,13,18-21,34H2,1H3,(H,35,40)(H,36,39). The number of amides is 3. The average molecular weight is 587 g/mol. The maximum Gasteiger partial charge on any atom is 0.328 e. The zero-order valence-electron chi connectivity index (χ0n) is 24.1. The van der Waals surface area contributed by atoms with Gasteiger partial charge in [-0.1, -0.05) is 72.8 Å². The Morgan fingerprint density at radius 2 is 1.40 bits per heavy atom. The van der Waals surface area contributed by atoms with Crippen LogP contribution in [0, 0.1) is 0 Å². The number of carbonyl (C=O) groups is 4. The minimum Gasteiger partial charge on any atom is -0.508 e. The van der Waals surface area contributed by atoms with Gasteiger partial charge in [0, 0.05) is 19.4 Å². The minimum absolute atomic E-state index is 0.118. The third-order valence-corrected chi connectivity index (χ3v) is 7.55. The second kappa shape index (κ2) is 15.0. The maximum atomic E-state index is 13.6. The second-order valence-electron chi connectivity index (χ2n) is 10.7. The molecule has 1 aliphatic rings. The number of carbonyl (C=O) groups excluding carboxylic acids is 4. The molecule has 1 heterocycles. The van der Waals surface area contributed by atoms with Crippen molar-refractivity contribution in [2.24, 2.45) is 5.73 Å². The first-order chi connectivity index (χ1) is 20.7. The molecule has 0 saturated carbocycles. The molecule has 1 aliphatic heterocycles. The van der Waals surface area contributed by atoms with Crippen molar-refractivity contribution in [3.63, 3.8) is 0 Å². The highest BCUT2D eigenvalue weighted by atomic mass is 16.5. The Morgan fingerprint density at radius 3 is 1.98 bits per heavy atom. The molecule has 1 fully saturated rings. The van der Waals surface area contributed by atoms with Crippen LogP contribution < -0.4 is 16.4 Å². The number of aromatic hydroxyl groups is 1. The molecular weight excluding hydrogens is 548 g/mol. The van der Waals surface area contributed by atoms with Crippen LogP contribution in [-0.4, -0.2) is 71.5 Å². The summed E-state index contributed by atoms with van der Waals surface area (Å²) in [5.74, 6) is -1.84. The summed E-state index contributed by atoms with van der Waals surface area (Å²) < 4.78 is 4.95. The Labute approximate surface area is 251 Å². The van der Waals surface area contributed by atoms with E-state index in [2.05, 4.69) is 10.6 Å². The van der Waals surface area contributed by atoms with Gasteiger partial charge in [-0.15, -0.1) is 0 Å². The van der Waals surface area contributed by atoms with Crippen molar-refractivity contribution in [3.05, 3.63) is 102 Å². The van der Waals surface area contributed by atoms with Crippen LogP contribution in [0.3, 0.4) is 0 Å². The number of methoxy groups -OCH3 is 1. The van der Waals surface area contributed by atoms with Crippen molar-refractivity contribution in [1.29, 1.82) is 0 Å². The molecule has 4 atom stereocenters. The molecule has 226 valence electrons. The molecule has 10 heteroatoms. The maximum absolute atomic E-state index is 13.6. The van der Waals surface area contributed by atoms with Crippen LogP contribution in [0.5, 0.6) is 5.75 Å². The van der Waals surface area contributed by atoms with Crippen LogP contribution in [0.1, 0.15) is 29.5 Å². The molecular formula is C33H38N4O6. The first-order valence-corrected chi connectivity index (χ1v) is 14.4. The molecule has 43 heavy (non-hydrogen) atoms. The minimum atomic E-state index is -1.01. The van der Waals surface area contributed by atoms with E-state index < -0.39 is 42.0 Å². The van der Waals surface area contributed by atoms with Gasteiger partial charge in [0.2, 0.25) is 17.7 Å². The number of benzene rings is 3. The number of nitrogens with zero attached hydrogens (tertiary/aromatic N) is 1. The van der Waals surface area contributed by atoms with Crippen molar-refractivity contribution in [1.82, 2.24) is 15.5 Å². The lowest BCUT2D eigenvalue weighted by Gasteiger charge is -2.29. The summed E-state index contributed by atoms with van der Waals surface area (Å²) in [6.45, 7) is 0.372. The van der Waals surface area contributed by atoms with E-state index in [1.54, 1.807) is 12.1 Å². The van der Waals surface area contributed by atoms with Crippen molar-refractivity contribution < 1.29 is 29.0 Å². The Hall–Kier alpha value is -4.70. The highest BCUT2D eigenvalue weighted by Gasteiger charge is 2.38. The Kier molecular flexibility index (Phi) is 10.9. The summed E-state index contributed by atoms with van der Waals surface area (Å²) in [5, 5.41) is 15.1. The van der Waals surface area contributed by atoms with E-state index in [0.29, 0.717) is 19.4 Å². The summed E-state index contributed by atoms with van der Waals surface area (Å²) in [4.78, 5) is 54.6. The molecule has 0 aliphatic carbocycles. The van der Waals surface area contributed by atoms with Crippen LogP contribution in [-0.2, 0) is 43.2 Å². The molecule has 3 aromatic carbocycles. The van der Waals surface area contributed by atoms with Gasteiger partial charge in [-0.2, -0.15) is 0 Å². The zero-order chi connectivity index (χ0) is 30.8. The summed E-state index contributed by atoms with van der Waals surface area (Å²) >= 11 is 0. The number of hydrogen-bond donors (Lipinski definition) is 4. The molecule has 3 aromatic rings. The normalized spacial score (nSPS) is 16.5. The lowest BCUT2D eigenvalue weighted by Crippen LogP contribution is -2.57. The molecule has 3 amide bonds. The molecule has 4 rings (SSSR count). The topological polar surface area (TPSA) is 151 Å². The third-order valence-electron chi connectivity index (χ3n) is 7.55. The average Bonchev–Trinajstić information content (AvgIpc) is 3.52. The highest BCUT2D eigenvalue weighted by Crippen LogP contribution is 2.20. The summed E-state index contributed by atoms with van der Waals surface area (Å²) in [5.41, 5.74) is 8.69. The second-order valence-corrected chi connectivity index (χ2v) is 10.7. The fourth-order valence-electron chi connectivity index (χ4n) is 5.27. The molecule has 0 spiro atoms. The van der Waals surface area contributed by atoms with Gasteiger partial charge in [0.1, 0.15) is 23.9 Å². The van der Waals surface area contributed by atoms with Gasteiger partial charge in [0.05, 0.1) is 13.2 Å². The predicted octanol–water partition coefficient (Wildman–Crippen LogP) is 1.88. The largest absolute Gasteiger partial charge is 0.508 e. The molecule has 10 nitrogen and oxygen atoms in total. The van der Waals surface area contributed by atoms with Gasteiger partial charge < -0.3 is 31.1 Å². The van der Waals surface area contributed by atoms with Crippen molar-refractivity contribution in [3.8, 4) is 5.75 Å². The van der Waals surface area contributed by atoms with Crippen LogP contribution in [0.25, 0.3) is 0 Å². The number of rotatable bonds is 12. The smallest absolute Gasteiger partial charge is 0.328 e.